The van der Waals surface area contributed by atoms with Gasteiger partial charge in [0.1, 0.15) is 11.2 Å². The standard InChI is InChI=1S/C47H41NO2/c1-45(2,3)30-19-23-34-41(27-30)50-40-26-29(18-22-33(40)44(34)49)28-16-20-31(21-17-28)48-39-15-11-10-14-36(39)47(6,7)38-25-24-37-42(43(38)48)32-12-8-9-13-35(32)46(37,4)5/h8-27H,1-7H3. The fourth-order valence-corrected chi connectivity index (χ4v) is 8.54. The minimum absolute atomic E-state index is 0.00578. The molecule has 2 aliphatic rings. The number of hydrogen-bond acceptors (Lipinski definition) is 3. The second-order valence-corrected chi connectivity index (χ2v) is 16.2. The van der Waals surface area contributed by atoms with Crippen LogP contribution in [-0.4, -0.2) is 0 Å². The first-order valence-corrected chi connectivity index (χ1v) is 17.6. The number of rotatable bonds is 2. The molecule has 0 amide bonds. The minimum atomic E-state index is -0.175. The molecular weight excluding hydrogens is 611 g/mol. The lowest BCUT2D eigenvalue weighted by atomic mass is 9.71. The van der Waals surface area contributed by atoms with Crippen molar-refractivity contribution in [3.63, 3.8) is 0 Å². The van der Waals surface area contributed by atoms with Gasteiger partial charge in [-0.1, -0.05) is 127 Å². The quantitative estimate of drug-likeness (QED) is 0.174. The Morgan fingerprint density at radius 3 is 1.92 bits per heavy atom. The zero-order chi connectivity index (χ0) is 34.7. The second-order valence-electron chi connectivity index (χ2n) is 16.2. The highest BCUT2D eigenvalue weighted by atomic mass is 16.3. The smallest absolute Gasteiger partial charge is 0.200 e. The molecule has 0 saturated heterocycles. The minimum Gasteiger partial charge on any atom is -0.456 e. The summed E-state index contributed by atoms with van der Waals surface area (Å²) in [5, 5.41) is 1.22. The van der Waals surface area contributed by atoms with Crippen LogP contribution in [-0.2, 0) is 16.2 Å². The molecule has 6 aromatic carbocycles. The third-order valence-corrected chi connectivity index (χ3v) is 11.4. The van der Waals surface area contributed by atoms with Crippen molar-refractivity contribution in [3.8, 4) is 22.3 Å². The van der Waals surface area contributed by atoms with Crippen LogP contribution in [0.1, 0.15) is 76.3 Å². The topological polar surface area (TPSA) is 33.5 Å². The highest BCUT2D eigenvalue weighted by molar-refractivity contribution is 6.00. The van der Waals surface area contributed by atoms with E-state index in [2.05, 4.69) is 138 Å². The van der Waals surface area contributed by atoms with Gasteiger partial charge >= 0.3 is 0 Å². The Bertz CT molecular complexity index is 2600. The van der Waals surface area contributed by atoms with Gasteiger partial charge in [0.15, 0.2) is 0 Å². The SMILES string of the molecule is CC(C)(C)c1ccc2c(=O)c3ccc(-c4ccc(N5c6ccccc6C(C)(C)c6ccc7c(c65)-c5ccccc5C7(C)C)cc4)cc3oc2c1. The molecular formula is C47H41NO2. The summed E-state index contributed by atoms with van der Waals surface area (Å²) >= 11 is 0. The zero-order valence-corrected chi connectivity index (χ0v) is 29.8. The third kappa shape index (κ3) is 4.25. The van der Waals surface area contributed by atoms with E-state index < -0.39 is 0 Å². The lowest BCUT2D eigenvalue weighted by Crippen LogP contribution is -2.31. The van der Waals surface area contributed by atoms with Crippen LogP contribution in [0.5, 0.6) is 0 Å². The molecule has 7 aromatic rings. The molecule has 1 aliphatic heterocycles. The van der Waals surface area contributed by atoms with E-state index in [9.17, 15) is 4.79 Å². The van der Waals surface area contributed by atoms with E-state index >= 15 is 0 Å². The van der Waals surface area contributed by atoms with Gasteiger partial charge < -0.3 is 9.32 Å². The predicted molar refractivity (Wildman–Crippen MR) is 209 cm³/mol. The molecule has 50 heavy (non-hydrogen) atoms. The maximum atomic E-state index is 13.5. The molecule has 0 bridgehead atoms. The number of nitrogens with zero attached hydrogens (tertiary/aromatic N) is 1. The first-order valence-electron chi connectivity index (χ1n) is 17.6. The van der Waals surface area contributed by atoms with Gasteiger partial charge in [0.25, 0.3) is 0 Å². The fourth-order valence-electron chi connectivity index (χ4n) is 8.54. The van der Waals surface area contributed by atoms with E-state index in [-0.39, 0.29) is 21.7 Å². The van der Waals surface area contributed by atoms with Crippen molar-refractivity contribution in [1.82, 2.24) is 0 Å². The van der Waals surface area contributed by atoms with Crippen molar-refractivity contribution >= 4 is 39.0 Å². The van der Waals surface area contributed by atoms with E-state index in [1.54, 1.807) is 0 Å². The largest absolute Gasteiger partial charge is 0.456 e. The summed E-state index contributed by atoms with van der Waals surface area (Å²) in [5.74, 6) is 0. The Morgan fingerprint density at radius 2 is 1.18 bits per heavy atom. The van der Waals surface area contributed by atoms with Gasteiger partial charge in [-0.2, -0.15) is 0 Å². The number of fused-ring (bicyclic) bond motifs is 8. The maximum Gasteiger partial charge on any atom is 0.200 e. The van der Waals surface area contributed by atoms with Crippen molar-refractivity contribution in [3.05, 3.63) is 159 Å². The van der Waals surface area contributed by atoms with Crippen LogP contribution < -0.4 is 10.3 Å². The van der Waals surface area contributed by atoms with Crippen LogP contribution in [0.3, 0.4) is 0 Å². The molecule has 3 nitrogen and oxygen atoms in total. The zero-order valence-electron chi connectivity index (χ0n) is 29.8. The first kappa shape index (κ1) is 30.6. The molecule has 0 radical (unpaired) electrons. The number of anilines is 3. The monoisotopic (exact) mass is 651 g/mol. The molecule has 0 spiro atoms. The van der Waals surface area contributed by atoms with Gasteiger partial charge in [-0.3, -0.25) is 4.79 Å². The van der Waals surface area contributed by atoms with Crippen LogP contribution in [0.25, 0.3) is 44.2 Å². The summed E-state index contributed by atoms with van der Waals surface area (Å²) in [5.41, 5.74) is 15.8. The second kappa shape index (κ2) is 10.3. The lowest BCUT2D eigenvalue weighted by molar-refractivity contribution is 0.587. The predicted octanol–water partition coefficient (Wildman–Crippen LogP) is 12.3. The van der Waals surface area contributed by atoms with Gasteiger partial charge in [-0.25, -0.2) is 0 Å². The molecule has 1 aliphatic carbocycles. The number of para-hydroxylation sites is 1. The van der Waals surface area contributed by atoms with Crippen molar-refractivity contribution in [2.24, 2.45) is 0 Å². The molecule has 246 valence electrons. The van der Waals surface area contributed by atoms with E-state index in [1.165, 1.54) is 44.8 Å². The maximum absolute atomic E-state index is 13.5. The highest BCUT2D eigenvalue weighted by Gasteiger charge is 2.44. The van der Waals surface area contributed by atoms with Gasteiger partial charge in [-0.15, -0.1) is 0 Å². The van der Waals surface area contributed by atoms with Crippen molar-refractivity contribution in [2.45, 2.75) is 64.7 Å². The summed E-state index contributed by atoms with van der Waals surface area (Å²) in [6.07, 6.45) is 0. The summed E-state index contributed by atoms with van der Waals surface area (Å²) in [6, 6.07) is 43.3. The van der Waals surface area contributed by atoms with Gasteiger partial charge in [0.2, 0.25) is 5.43 Å². The van der Waals surface area contributed by atoms with Crippen molar-refractivity contribution in [1.29, 1.82) is 0 Å². The van der Waals surface area contributed by atoms with E-state index in [1.807, 2.05) is 36.4 Å². The van der Waals surface area contributed by atoms with Crippen LogP contribution in [0.15, 0.2) is 131 Å². The van der Waals surface area contributed by atoms with Crippen LogP contribution >= 0.6 is 0 Å². The van der Waals surface area contributed by atoms with Gasteiger partial charge in [0.05, 0.1) is 22.1 Å². The average molecular weight is 652 g/mol. The molecule has 0 saturated carbocycles. The van der Waals surface area contributed by atoms with Crippen LogP contribution in [0.4, 0.5) is 17.1 Å². The normalized spacial score (nSPS) is 15.5. The first-order chi connectivity index (χ1) is 23.9. The number of benzene rings is 6. The summed E-state index contributed by atoms with van der Waals surface area (Å²) in [6.45, 7) is 15.9. The average Bonchev–Trinajstić information content (AvgIpc) is 3.34. The molecule has 0 fully saturated rings. The Hall–Kier alpha value is -5.41. The Labute approximate surface area is 293 Å². The van der Waals surface area contributed by atoms with Gasteiger partial charge in [-0.05, 0) is 92.4 Å². The fraction of sp³-hybridized carbons (Fsp3) is 0.213. The van der Waals surface area contributed by atoms with Crippen LogP contribution in [0, 0.1) is 0 Å². The van der Waals surface area contributed by atoms with E-state index in [4.69, 9.17) is 4.42 Å². The molecule has 0 unspecified atom stereocenters. The third-order valence-electron chi connectivity index (χ3n) is 11.4. The molecule has 2 heterocycles. The molecule has 0 atom stereocenters. The Balaban J connectivity index is 1.20. The number of hydrogen-bond donors (Lipinski definition) is 0. The van der Waals surface area contributed by atoms with Crippen molar-refractivity contribution < 1.29 is 4.42 Å². The summed E-state index contributed by atoms with van der Waals surface area (Å²) in [7, 11) is 0. The van der Waals surface area contributed by atoms with Gasteiger partial charge in [0, 0.05) is 22.1 Å². The molecule has 0 N–H and O–H groups in total. The Kier molecular flexibility index (Phi) is 6.31. The Morgan fingerprint density at radius 1 is 0.580 bits per heavy atom. The molecule has 1 aromatic heterocycles. The van der Waals surface area contributed by atoms with E-state index in [0.717, 1.165) is 22.4 Å². The van der Waals surface area contributed by atoms with Crippen LogP contribution in [0.2, 0.25) is 0 Å². The van der Waals surface area contributed by atoms with E-state index in [0.29, 0.717) is 21.9 Å². The molecule has 3 heteroatoms. The summed E-state index contributed by atoms with van der Waals surface area (Å²) in [4.78, 5) is 16.0. The summed E-state index contributed by atoms with van der Waals surface area (Å²) < 4.78 is 6.42. The molecule has 9 rings (SSSR count). The van der Waals surface area contributed by atoms with Crippen molar-refractivity contribution in [2.75, 3.05) is 4.90 Å². The lowest BCUT2D eigenvalue weighted by Gasteiger charge is -2.43. The highest BCUT2D eigenvalue weighted by Crippen LogP contribution is 2.60.